The molecule has 4 rings (SSSR count). The Hall–Kier alpha value is -2.54. The van der Waals surface area contributed by atoms with Crippen LogP contribution in [0.5, 0.6) is 23.0 Å². The van der Waals surface area contributed by atoms with E-state index in [0.717, 1.165) is 40.5 Å². The van der Waals surface area contributed by atoms with E-state index in [4.69, 9.17) is 18.9 Å². The van der Waals surface area contributed by atoms with Gasteiger partial charge in [0.15, 0.2) is 11.5 Å². The Morgan fingerprint density at radius 2 is 1.85 bits per heavy atom. The van der Waals surface area contributed by atoms with E-state index in [-0.39, 0.29) is 18.1 Å². The molecule has 1 saturated heterocycles. The number of nitrogens with zero attached hydrogens (tertiary/aromatic N) is 1. The first-order valence-corrected chi connectivity index (χ1v) is 9.76. The maximum absolute atomic E-state index is 12.5. The maximum Gasteiger partial charge on any atom is 0.233 e. The summed E-state index contributed by atoms with van der Waals surface area (Å²) in [6.07, 6.45) is 0.733. The standard InChI is InChI=1S/C20H21NO5S/c1-23-15-4-3-5-16(24-2)19(15)20-21(18(22)11-27-20)9-8-13-6-7-14-17(10-13)26-12-25-14/h3-7,10,20H,8-9,11-12H2,1-2H3. The highest BCUT2D eigenvalue weighted by atomic mass is 32.2. The zero-order chi connectivity index (χ0) is 18.8. The van der Waals surface area contributed by atoms with Gasteiger partial charge in [0, 0.05) is 6.54 Å². The normalized spacial score (nSPS) is 18.1. The lowest BCUT2D eigenvalue weighted by Crippen LogP contribution is -2.30. The Labute approximate surface area is 162 Å². The van der Waals surface area contributed by atoms with Gasteiger partial charge in [0.1, 0.15) is 16.9 Å². The first kappa shape index (κ1) is 17.9. The number of amides is 1. The summed E-state index contributed by atoms with van der Waals surface area (Å²) in [5.74, 6) is 3.57. The number of carbonyl (C=O) groups is 1. The highest BCUT2D eigenvalue weighted by Crippen LogP contribution is 2.46. The highest BCUT2D eigenvalue weighted by molar-refractivity contribution is 8.00. The topological polar surface area (TPSA) is 57.2 Å². The summed E-state index contributed by atoms with van der Waals surface area (Å²) in [6, 6.07) is 11.6. The maximum atomic E-state index is 12.5. The van der Waals surface area contributed by atoms with Crippen LogP contribution in [0.15, 0.2) is 36.4 Å². The minimum atomic E-state index is -0.127. The van der Waals surface area contributed by atoms with Crippen LogP contribution in [0, 0.1) is 0 Å². The molecule has 2 aromatic rings. The van der Waals surface area contributed by atoms with Gasteiger partial charge in [-0.15, -0.1) is 11.8 Å². The largest absolute Gasteiger partial charge is 0.496 e. The molecule has 7 heteroatoms. The van der Waals surface area contributed by atoms with Crippen molar-refractivity contribution in [3.05, 3.63) is 47.5 Å². The fourth-order valence-corrected chi connectivity index (χ4v) is 4.67. The molecule has 2 aliphatic heterocycles. The summed E-state index contributed by atoms with van der Waals surface area (Å²) in [4.78, 5) is 14.4. The molecule has 0 aliphatic carbocycles. The lowest BCUT2D eigenvalue weighted by atomic mass is 10.1. The van der Waals surface area contributed by atoms with Crippen molar-refractivity contribution in [1.82, 2.24) is 4.90 Å². The van der Waals surface area contributed by atoms with Gasteiger partial charge in [-0.1, -0.05) is 12.1 Å². The lowest BCUT2D eigenvalue weighted by Gasteiger charge is -2.27. The second-order valence-electron chi connectivity index (χ2n) is 6.26. The van der Waals surface area contributed by atoms with Gasteiger partial charge in [0.05, 0.1) is 25.5 Å². The number of benzene rings is 2. The summed E-state index contributed by atoms with van der Waals surface area (Å²) in [5.41, 5.74) is 2.01. The van der Waals surface area contributed by atoms with E-state index < -0.39 is 0 Å². The third-order valence-electron chi connectivity index (χ3n) is 4.76. The number of ether oxygens (including phenoxy) is 4. The van der Waals surface area contributed by atoms with Crippen molar-refractivity contribution >= 4 is 17.7 Å². The molecule has 1 amide bonds. The van der Waals surface area contributed by atoms with Crippen molar-refractivity contribution in [2.45, 2.75) is 11.8 Å². The quantitative estimate of drug-likeness (QED) is 0.758. The monoisotopic (exact) mass is 387 g/mol. The molecule has 0 aromatic heterocycles. The van der Waals surface area contributed by atoms with E-state index in [0.29, 0.717) is 12.3 Å². The van der Waals surface area contributed by atoms with Crippen molar-refractivity contribution in [2.24, 2.45) is 0 Å². The molecular formula is C20H21NO5S. The smallest absolute Gasteiger partial charge is 0.233 e. The number of thioether (sulfide) groups is 1. The molecule has 27 heavy (non-hydrogen) atoms. The van der Waals surface area contributed by atoms with E-state index in [2.05, 4.69) is 0 Å². The van der Waals surface area contributed by atoms with Crippen LogP contribution in [-0.2, 0) is 11.2 Å². The third kappa shape index (κ3) is 3.39. The fraction of sp³-hybridized carbons (Fsp3) is 0.350. The predicted octanol–water partition coefficient (Wildman–Crippen LogP) is 3.25. The van der Waals surface area contributed by atoms with Crippen LogP contribution in [0.3, 0.4) is 0 Å². The Morgan fingerprint density at radius 3 is 2.59 bits per heavy atom. The third-order valence-corrected chi connectivity index (χ3v) is 5.98. The molecule has 0 spiro atoms. The Morgan fingerprint density at radius 1 is 1.11 bits per heavy atom. The minimum absolute atomic E-state index is 0.124. The second-order valence-corrected chi connectivity index (χ2v) is 7.33. The van der Waals surface area contributed by atoms with Crippen LogP contribution in [0.25, 0.3) is 0 Å². The second kappa shape index (κ2) is 7.60. The Bertz CT molecular complexity index is 834. The van der Waals surface area contributed by atoms with Gasteiger partial charge in [-0.25, -0.2) is 0 Å². The molecule has 1 fully saturated rings. The van der Waals surface area contributed by atoms with E-state index in [9.17, 15) is 4.79 Å². The summed E-state index contributed by atoms with van der Waals surface area (Å²) >= 11 is 1.60. The van der Waals surface area contributed by atoms with Crippen LogP contribution in [0.1, 0.15) is 16.5 Å². The average molecular weight is 387 g/mol. The summed E-state index contributed by atoms with van der Waals surface area (Å²) in [6.45, 7) is 0.868. The number of carbonyl (C=O) groups excluding carboxylic acids is 1. The van der Waals surface area contributed by atoms with Gasteiger partial charge in [-0.05, 0) is 36.2 Å². The SMILES string of the molecule is COc1cccc(OC)c1C1SCC(=O)N1CCc1ccc2c(c1)OCO2. The zero-order valence-electron chi connectivity index (χ0n) is 15.3. The number of hydrogen-bond donors (Lipinski definition) is 0. The molecule has 0 N–H and O–H groups in total. The summed E-state index contributed by atoms with van der Waals surface area (Å²) < 4.78 is 21.9. The van der Waals surface area contributed by atoms with Crippen LogP contribution in [0.2, 0.25) is 0 Å². The minimum Gasteiger partial charge on any atom is -0.496 e. The van der Waals surface area contributed by atoms with Gasteiger partial charge in [-0.3, -0.25) is 4.79 Å². The van der Waals surface area contributed by atoms with Crippen LogP contribution in [0.4, 0.5) is 0 Å². The first-order valence-electron chi connectivity index (χ1n) is 8.71. The van der Waals surface area contributed by atoms with Crippen molar-refractivity contribution in [3.8, 4) is 23.0 Å². The Kier molecular flexibility index (Phi) is 5.03. The molecule has 0 radical (unpaired) electrons. The molecule has 1 unspecified atom stereocenters. The number of hydrogen-bond acceptors (Lipinski definition) is 6. The molecule has 2 aliphatic rings. The predicted molar refractivity (Wildman–Crippen MR) is 103 cm³/mol. The molecule has 2 aromatic carbocycles. The lowest BCUT2D eigenvalue weighted by molar-refractivity contribution is -0.128. The van der Waals surface area contributed by atoms with Crippen molar-refractivity contribution in [2.75, 3.05) is 33.3 Å². The van der Waals surface area contributed by atoms with Crippen LogP contribution >= 0.6 is 11.8 Å². The van der Waals surface area contributed by atoms with Crippen LogP contribution < -0.4 is 18.9 Å². The number of rotatable bonds is 6. The molecule has 1 atom stereocenters. The molecule has 0 saturated carbocycles. The highest BCUT2D eigenvalue weighted by Gasteiger charge is 2.36. The van der Waals surface area contributed by atoms with Gasteiger partial charge >= 0.3 is 0 Å². The van der Waals surface area contributed by atoms with Crippen LogP contribution in [-0.4, -0.2) is 44.1 Å². The summed E-state index contributed by atoms with van der Waals surface area (Å²) in [7, 11) is 3.27. The van der Waals surface area contributed by atoms with Gasteiger partial charge in [0.25, 0.3) is 0 Å². The molecule has 0 bridgehead atoms. The van der Waals surface area contributed by atoms with E-state index >= 15 is 0 Å². The first-order chi connectivity index (χ1) is 13.2. The van der Waals surface area contributed by atoms with E-state index in [1.807, 2.05) is 41.3 Å². The average Bonchev–Trinajstić information content (AvgIpc) is 3.31. The molecule has 142 valence electrons. The Balaban J connectivity index is 1.56. The van der Waals surface area contributed by atoms with E-state index in [1.54, 1.807) is 26.0 Å². The fourth-order valence-electron chi connectivity index (χ4n) is 3.40. The van der Waals surface area contributed by atoms with E-state index in [1.165, 1.54) is 0 Å². The number of fused-ring (bicyclic) bond motifs is 1. The molecular weight excluding hydrogens is 366 g/mol. The van der Waals surface area contributed by atoms with Crippen molar-refractivity contribution < 1.29 is 23.7 Å². The van der Waals surface area contributed by atoms with Gasteiger partial charge in [0.2, 0.25) is 12.7 Å². The molecule has 6 nitrogen and oxygen atoms in total. The van der Waals surface area contributed by atoms with Gasteiger partial charge in [-0.2, -0.15) is 0 Å². The zero-order valence-corrected chi connectivity index (χ0v) is 16.1. The molecule has 2 heterocycles. The van der Waals surface area contributed by atoms with Crippen molar-refractivity contribution in [1.29, 1.82) is 0 Å². The van der Waals surface area contributed by atoms with Crippen molar-refractivity contribution in [3.63, 3.8) is 0 Å². The summed E-state index contributed by atoms with van der Waals surface area (Å²) in [5, 5.41) is -0.127. The number of methoxy groups -OCH3 is 2. The van der Waals surface area contributed by atoms with Gasteiger partial charge < -0.3 is 23.8 Å².